The maximum absolute atomic E-state index is 4.33. The highest BCUT2D eigenvalue weighted by molar-refractivity contribution is 14.0. The Morgan fingerprint density at radius 3 is 2.68 bits per heavy atom. The highest BCUT2D eigenvalue weighted by atomic mass is 127. The summed E-state index contributed by atoms with van der Waals surface area (Å²) < 4.78 is 1.99. The number of thiophene rings is 1. The number of nitrogens with one attached hydrogen (secondary N) is 2. The highest BCUT2D eigenvalue weighted by Gasteiger charge is 2.20. The zero-order valence-corrected chi connectivity index (χ0v) is 18.0. The minimum atomic E-state index is 0. The van der Waals surface area contributed by atoms with Gasteiger partial charge in [0.1, 0.15) is 5.82 Å². The van der Waals surface area contributed by atoms with Crippen molar-refractivity contribution in [1.29, 1.82) is 0 Å². The van der Waals surface area contributed by atoms with Crippen LogP contribution in [0.25, 0.3) is 0 Å². The van der Waals surface area contributed by atoms with Crippen molar-refractivity contribution in [2.75, 3.05) is 25.0 Å². The predicted molar refractivity (Wildman–Crippen MR) is 114 cm³/mol. The molecule has 0 spiro atoms. The Labute approximate surface area is 169 Å². The van der Waals surface area contributed by atoms with Gasteiger partial charge in [-0.15, -0.1) is 45.5 Å². The lowest BCUT2D eigenvalue weighted by Gasteiger charge is -2.33. The molecule has 7 nitrogen and oxygen atoms in total. The van der Waals surface area contributed by atoms with Gasteiger partial charge in [0.15, 0.2) is 11.8 Å². The summed E-state index contributed by atoms with van der Waals surface area (Å²) in [6.07, 6.45) is 2.23. The van der Waals surface area contributed by atoms with E-state index >= 15 is 0 Å². The van der Waals surface area contributed by atoms with Crippen molar-refractivity contribution in [3.05, 3.63) is 29.2 Å². The number of aromatic nitrogens is 3. The first kappa shape index (κ1) is 20.0. The molecule has 2 aromatic heterocycles. The molecule has 3 heterocycles. The molecular formula is C16H26IN7S. The Balaban J connectivity index is 0.00000225. The van der Waals surface area contributed by atoms with Crippen molar-refractivity contribution >= 4 is 46.3 Å². The second-order valence-corrected chi connectivity index (χ2v) is 6.93. The second kappa shape index (κ2) is 9.37. The van der Waals surface area contributed by atoms with Gasteiger partial charge < -0.3 is 20.1 Å². The first-order chi connectivity index (χ1) is 11.7. The van der Waals surface area contributed by atoms with Gasteiger partial charge >= 0.3 is 0 Å². The van der Waals surface area contributed by atoms with Crippen LogP contribution in [0, 0.1) is 6.92 Å². The zero-order valence-electron chi connectivity index (χ0n) is 14.9. The van der Waals surface area contributed by atoms with E-state index in [4.69, 9.17) is 0 Å². The minimum absolute atomic E-state index is 0. The maximum atomic E-state index is 4.33. The van der Waals surface area contributed by atoms with Crippen molar-refractivity contribution in [3.63, 3.8) is 0 Å². The average Bonchev–Trinajstić information content (AvgIpc) is 3.24. The molecule has 2 N–H and O–H groups in total. The molecule has 0 unspecified atom stereocenters. The molecular weight excluding hydrogens is 449 g/mol. The van der Waals surface area contributed by atoms with E-state index in [2.05, 4.69) is 48.2 Å². The predicted octanol–water partition coefficient (Wildman–Crippen LogP) is 2.14. The number of halogens is 1. The molecule has 2 aromatic rings. The van der Waals surface area contributed by atoms with Crippen LogP contribution in [0.4, 0.5) is 5.00 Å². The van der Waals surface area contributed by atoms with Gasteiger partial charge in [-0.3, -0.25) is 4.99 Å². The van der Waals surface area contributed by atoms with Crippen LogP contribution >= 0.6 is 35.3 Å². The lowest BCUT2D eigenvalue weighted by molar-refractivity contribution is 0.462. The molecule has 25 heavy (non-hydrogen) atoms. The van der Waals surface area contributed by atoms with E-state index in [0.717, 1.165) is 43.5 Å². The van der Waals surface area contributed by atoms with Gasteiger partial charge in [0, 0.05) is 33.2 Å². The highest BCUT2D eigenvalue weighted by Crippen LogP contribution is 2.24. The van der Waals surface area contributed by atoms with Crippen LogP contribution < -0.4 is 15.5 Å². The quantitative estimate of drug-likeness (QED) is 0.403. The van der Waals surface area contributed by atoms with Crippen molar-refractivity contribution in [2.45, 2.75) is 32.4 Å². The van der Waals surface area contributed by atoms with Crippen LogP contribution in [0.2, 0.25) is 0 Å². The van der Waals surface area contributed by atoms with Gasteiger partial charge in [0.05, 0.1) is 11.5 Å². The number of anilines is 1. The molecule has 0 bridgehead atoms. The fourth-order valence-corrected chi connectivity index (χ4v) is 3.64. The molecule has 0 aromatic carbocycles. The molecule has 0 aliphatic carbocycles. The van der Waals surface area contributed by atoms with Gasteiger partial charge in [-0.2, -0.15) is 0 Å². The first-order valence-corrected chi connectivity index (χ1v) is 9.16. The van der Waals surface area contributed by atoms with Gasteiger partial charge in [-0.25, -0.2) is 0 Å². The molecule has 1 aliphatic rings. The summed E-state index contributed by atoms with van der Waals surface area (Å²) in [4.78, 5) is 6.79. The molecule has 0 saturated carbocycles. The molecule has 1 saturated heterocycles. The molecule has 138 valence electrons. The number of guanidine groups is 1. The Bertz CT molecular complexity index is 675. The number of piperidine rings is 1. The first-order valence-electron chi connectivity index (χ1n) is 8.28. The standard InChI is InChI=1S/C16H25N7S.HI/c1-12-20-21-14(22(12)3)11-18-16(17-2)19-13-6-8-23(9-7-13)15-5-4-10-24-15;/h4-5,10,13H,6-9,11H2,1-3H3,(H2,17,18,19);1H. The number of aliphatic imine (C=N–C) groups is 1. The van der Waals surface area contributed by atoms with Crippen LogP contribution in [0.5, 0.6) is 0 Å². The van der Waals surface area contributed by atoms with E-state index in [9.17, 15) is 0 Å². The third kappa shape index (κ3) is 5.06. The van der Waals surface area contributed by atoms with Crippen molar-refractivity contribution in [3.8, 4) is 0 Å². The van der Waals surface area contributed by atoms with Gasteiger partial charge in [-0.1, -0.05) is 0 Å². The second-order valence-electron chi connectivity index (χ2n) is 6.01. The fourth-order valence-electron chi connectivity index (χ4n) is 2.85. The zero-order chi connectivity index (χ0) is 16.9. The topological polar surface area (TPSA) is 70.4 Å². The maximum Gasteiger partial charge on any atom is 0.191 e. The van der Waals surface area contributed by atoms with E-state index < -0.39 is 0 Å². The van der Waals surface area contributed by atoms with Crippen molar-refractivity contribution in [2.24, 2.45) is 12.0 Å². The summed E-state index contributed by atoms with van der Waals surface area (Å²) in [6, 6.07) is 4.76. The van der Waals surface area contributed by atoms with Crippen molar-refractivity contribution < 1.29 is 0 Å². The third-order valence-corrected chi connectivity index (χ3v) is 5.40. The van der Waals surface area contributed by atoms with E-state index in [1.165, 1.54) is 5.00 Å². The van der Waals surface area contributed by atoms with Crippen molar-refractivity contribution in [1.82, 2.24) is 25.4 Å². The molecule has 0 atom stereocenters. The summed E-state index contributed by atoms with van der Waals surface area (Å²) in [5, 5.41) is 18.6. The minimum Gasteiger partial charge on any atom is -0.363 e. The lowest BCUT2D eigenvalue weighted by atomic mass is 10.1. The van der Waals surface area contributed by atoms with E-state index in [1.807, 2.05) is 29.9 Å². The molecule has 1 fully saturated rings. The summed E-state index contributed by atoms with van der Waals surface area (Å²) in [5.74, 6) is 2.64. The average molecular weight is 475 g/mol. The van der Waals surface area contributed by atoms with E-state index in [-0.39, 0.29) is 24.0 Å². The van der Waals surface area contributed by atoms with Gasteiger partial charge in [-0.05, 0) is 37.3 Å². The van der Waals surface area contributed by atoms with Gasteiger partial charge in [0.25, 0.3) is 0 Å². The number of hydrogen-bond donors (Lipinski definition) is 2. The Morgan fingerprint density at radius 1 is 1.36 bits per heavy atom. The summed E-state index contributed by atoms with van der Waals surface area (Å²) in [5.41, 5.74) is 0. The number of nitrogens with zero attached hydrogens (tertiary/aromatic N) is 5. The summed E-state index contributed by atoms with van der Waals surface area (Å²) in [6.45, 7) is 4.73. The summed E-state index contributed by atoms with van der Waals surface area (Å²) >= 11 is 1.81. The normalized spacial score (nSPS) is 15.8. The smallest absolute Gasteiger partial charge is 0.191 e. The van der Waals surface area contributed by atoms with Crippen LogP contribution in [0.15, 0.2) is 22.5 Å². The Morgan fingerprint density at radius 2 is 2.12 bits per heavy atom. The lowest BCUT2D eigenvalue weighted by Crippen LogP contribution is -2.48. The Hall–Kier alpha value is -1.36. The van der Waals surface area contributed by atoms with Crippen LogP contribution in [0.3, 0.4) is 0 Å². The molecule has 9 heteroatoms. The molecule has 3 rings (SSSR count). The van der Waals surface area contributed by atoms with Gasteiger partial charge in [0.2, 0.25) is 0 Å². The van der Waals surface area contributed by atoms with Crippen LogP contribution in [0.1, 0.15) is 24.5 Å². The Kier molecular flexibility index (Phi) is 7.48. The fraction of sp³-hybridized carbons (Fsp3) is 0.562. The number of hydrogen-bond acceptors (Lipinski definition) is 5. The van der Waals surface area contributed by atoms with E-state index in [0.29, 0.717) is 12.6 Å². The molecule has 0 amide bonds. The number of aryl methyl sites for hydroxylation is 1. The largest absolute Gasteiger partial charge is 0.363 e. The summed E-state index contributed by atoms with van der Waals surface area (Å²) in [7, 11) is 3.78. The number of rotatable bonds is 4. The molecule has 0 radical (unpaired) electrons. The SMILES string of the molecule is CN=C(NCc1nnc(C)n1C)NC1CCN(c2cccs2)CC1.I. The van der Waals surface area contributed by atoms with Crippen LogP contribution in [-0.4, -0.2) is 46.9 Å². The molecule has 1 aliphatic heterocycles. The third-order valence-electron chi connectivity index (χ3n) is 4.47. The van der Waals surface area contributed by atoms with Crippen LogP contribution in [-0.2, 0) is 13.6 Å². The van der Waals surface area contributed by atoms with E-state index in [1.54, 1.807) is 7.05 Å². The monoisotopic (exact) mass is 475 g/mol.